The van der Waals surface area contributed by atoms with Crippen LogP contribution < -0.4 is 15.8 Å². The van der Waals surface area contributed by atoms with Crippen molar-refractivity contribution >= 4 is 33.4 Å². The van der Waals surface area contributed by atoms with E-state index in [0.717, 1.165) is 29.5 Å². The Labute approximate surface area is 234 Å². The number of pyridine rings is 1. The Morgan fingerprint density at radius 1 is 1.10 bits per heavy atom. The third kappa shape index (κ3) is 6.28. The number of nitrogens with zero attached hydrogens (tertiary/aromatic N) is 2. The lowest BCUT2D eigenvalue weighted by Crippen LogP contribution is -2.51. The van der Waals surface area contributed by atoms with Gasteiger partial charge in [0.2, 0.25) is 11.5 Å². The number of alkyl halides is 4. The standard InChI is InChI=1S/C27H23F5N4O4S/c1-2-40-24-16(11-21(33)37)10-20(36-23(24)14-3-6-17(29)7-4-14)26(39,27(30,31)32)13-34-25(38)15-5-8-18-19(9-15)41-22(12-28)35-18/h3-10,39H,2,11-13H2,1H3,(H2,33,37)(H,34,38)/t26-/m0/s1. The van der Waals surface area contributed by atoms with E-state index < -0.39 is 54.7 Å². The molecule has 2 aromatic carbocycles. The number of thiazole rings is 1. The van der Waals surface area contributed by atoms with Crippen LogP contribution in [0.3, 0.4) is 0 Å². The minimum atomic E-state index is -5.36. The van der Waals surface area contributed by atoms with E-state index in [1.165, 1.54) is 30.3 Å². The van der Waals surface area contributed by atoms with E-state index in [1.807, 2.05) is 0 Å². The molecule has 0 saturated heterocycles. The first kappa shape index (κ1) is 29.8. The number of aliphatic hydroxyl groups is 1. The summed E-state index contributed by atoms with van der Waals surface area (Å²) >= 11 is 0.987. The summed E-state index contributed by atoms with van der Waals surface area (Å²) in [7, 11) is 0. The molecule has 2 amide bonds. The van der Waals surface area contributed by atoms with Crippen molar-refractivity contribution in [2.45, 2.75) is 31.8 Å². The zero-order valence-corrected chi connectivity index (χ0v) is 22.2. The van der Waals surface area contributed by atoms with Crippen LogP contribution in [0.4, 0.5) is 22.0 Å². The molecule has 1 atom stereocenters. The summed E-state index contributed by atoms with van der Waals surface area (Å²) in [4.78, 5) is 32.7. The molecular weight excluding hydrogens is 571 g/mol. The summed E-state index contributed by atoms with van der Waals surface area (Å²) in [5.74, 6) is -2.54. The molecule has 0 aliphatic rings. The zero-order valence-electron chi connectivity index (χ0n) is 21.4. The van der Waals surface area contributed by atoms with Gasteiger partial charge in [0, 0.05) is 16.7 Å². The first-order chi connectivity index (χ1) is 19.4. The van der Waals surface area contributed by atoms with E-state index in [4.69, 9.17) is 10.5 Å². The molecule has 4 rings (SSSR count). The Hall–Kier alpha value is -4.17. The number of fused-ring (bicyclic) bond motifs is 1. The largest absolute Gasteiger partial charge is 0.491 e. The number of rotatable bonds is 10. The smallest absolute Gasteiger partial charge is 0.424 e. The summed E-state index contributed by atoms with van der Waals surface area (Å²) in [6, 6.07) is 9.52. The lowest BCUT2D eigenvalue weighted by Gasteiger charge is -2.31. The Bertz CT molecular complexity index is 1590. The fourth-order valence-electron chi connectivity index (χ4n) is 4.04. The number of hydrogen-bond donors (Lipinski definition) is 3. The fraction of sp³-hybridized carbons (Fsp3) is 0.259. The van der Waals surface area contributed by atoms with Crippen LogP contribution in [0.2, 0.25) is 0 Å². The van der Waals surface area contributed by atoms with Crippen LogP contribution >= 0.6 is 11.3 Å². The van der Waals surface area contributed by atoms with Gasteiger partial charge >= 0.3 is 6.18 Å². The molecule has 4 aromatic rings. The molecule has 0 bridgehead atoms. The molecule has 0 aliphatic carbocycles. The van der Waals surface area contributed by atoms with E-state index in [2.05, 4.69) is 15.3 Å². The number of carbonyl (C=O) groups excluding carboxylic acids is 2. The highest BCUT2D eigenvalue weighted by Gasteiger charge is 2.56. The summed E-state index contributed by atoms with van der Waals surface area (Å²) < 4.78 is 76.0. The van der Waals surface area contributed by atoms with Crippen molar-refractivity contribution in [3.63, 3.8) is 0 Å². The quantitative estimate of drug-likeness (QED) is 0.231. The van der Waals surface area contributed by atoms with Crippen LogP contribution in [0.5, 0.6) is 5.75 Å². The highest BCUT2D eigenvalue weighted by molar-refractivity contribution is 7.18. The first-order valence-corrected chi connectivity index (χ1v) is 12.9. The second-order valence-electron chi connectivity index (χ2n) is 8.89. The molecule has 0 spiro atoms. The van der Waals surface area contributed by atoms with E-state index >= 15 is 0 Å². The Morgan fingerprint density at radius 3 is 2.41 bits per heavy atom. The van der Waals surface area contributed by atoms with Gasteiger partial charge in [-0.3, -0.25) is 9.59 Å². The van der Waals surface area contributed by atoms with Crippen molar-refractivity contribution in [1.82, 2.24) is 15.3 Å². The number of benzene rings is 2. The van der Waals surface area contributed by atoms with Crippen molar-refractivity contribution < 1.29 is 41.4 Å². The van der Waals surface area contributed by atoms with E-state index in [0.29, 0.717) is 10.2 Å². The Kier molecular flexibility index (Phi) is 8.54. The number of carbonyl (C=O) groups is 2. The number of amides is 2. The molecule has 0 unspecified atom stereocenters. The summed E-state index contributed by atoms with van der Waals surface area (Å²) in [6.07, 6.45) is -5.92. The monoisotopic (exact) mass is 594 g/mol. The highest BCUT2D eigenvalue weighted by Crippen LogP contribution is 2.42. The minimum absolute atomic E-state index is 0.0392. The third-order valence-corrected chi connectivity index (χ3v) is 7.01. The van der Waals surface area contributed by atoms with Gasteiger partial charge in [0.15, 0.2) is 0 Å². The molecule has 216 valence electrons. The van der Waals surface area contributed by atoms with Crippen LogP contribution in [0.15, 0.2) is 48.5 Å². The molecule has 14 heteroatoms. The van der Waals surface area contributed by atoms with Gasteiger partial charge in [-0.25, -0.2) is 18.7 Å². The van der Waals surface area contributed by atoms with Gasteiger partial charge in [-0.05, 0) is 55.5 Å². The van der Waals surface area contributed by atoms with Crippen LogP contribution in [0.25, 0.3) is 21.5 Å². The third-order valence-electron chi connectivity index (χ3n) is 6.03. The maximum absolute atomic E-state index is 14.5. The molecule has 41 heavy (non-hydrogen) atoms. The number of hydrogen-bond acceptors (Lipinski definition) is 7. The van der Waals surface area contributed by atoms with Crippen LogP contribution in [0, 0.1) is 5.82 Å². The Morgan fingerprint density at radius 2 is 1.80 bits per heavy atom. The molecule has 2 heterocycles. The zero-order chi connectivity index (χ0) is 29.9. The predicted octanol–water partition coefficient (Wildman–Crippen LogP) is 4.57. The van der Waals surface area contributed by atoms with Crippen LogP contribution in [-0.2, 0) is 23.5 Å². The van der Waals surface area contributed by atoms with Gasteiger partial charge in [-0.1, -0.05) is 0 Å². The van der Waals surface area contributed by atoms with Crippen LogP contribution in [0.1, 0.15) is 33.5 Å². The van der Waals surface area contributed by atoms with E-state index in [9.17, 15) is 36.6 Å². The molecule has 4 N–H and O–H groups in total. The molecule has 0 fully saturated rings. The molecule has 8 nitrogen and oxygen atoms in total. The van der Waals surface area contributed by atoms with Crippen LogP contribution in [-0.4, -0.2) is 46.2 Å². The number of halogens is 5. The normalized spacial score (nSPS) is 13.1. The number of aromatic nitrogens is 2. The molecule has 0 radical (unpaired) electrons. The lowest BCUT2D eigenvalue weighted by molar-refractivity contribution is -0.265. The SMILES string of the molecule is CCOc1c(CC(N)=O)cc([C@@](O)(CNC(=O)c2ccc3nc(CF)sc3c2)C(F)(F)F)nc1-c1ccc(F)cc1. The van der Waals surface area contributed by atoms with Gasteiger partial charge in [-0.2, -0.15) is 13.2 Å². The van der Waals surface area contributed by atoms with Crippen molar-refractivity contribution in [1.29, 1.82) is 0 Å². The highest BCUT2D eigenvalue weighted by atomic mass is 32.1. The number of ether oxygens (including phenoxy) is 1. The van der Waals surface area contributed by atoms with Crippen molar-refractivity contribution in [2.24, 2.45) is 5.73 Å². The summed E-state index contributed by atoms with van der Waals surface area (Å²) in [6.45, 7) is -0.532. The van der Waals surface area contributed by atoms with Gasteiger partial charge in [0.25, 0.3) is 5.91 Å². The van der Waals surface area contributed by atoms with E-state index in [1.54, 1.807) is 6.92 Å². The predicted molar refractivity (Wildman–Crippen MR) is 140 cm³/mol. The second kappa shape index (κ2) is 11.7. The van der Waals surface area contributed by atoms with Gasteiger partial charge in [0.05, 0.1) is 35.5 Å². The van der Waals surface area contributed by atoms with Crippen molar-refractivity contribution in [3.8, 4) is 17.0 Å². The van der Waals surface area contributed by atoms with E-state index in [-0.39, 0.29) is 39.7 Å². The fourth-order valence-corrected chi connectivity index (χ4v) is 4.90. The molecule has 0 aliphatic heterocycles. The topological polar surface area (TPSA) is 127 Å². The summed E-state index contributed by atoms with van der Waals surface area (Å²) in [5, 5.41) is 13.3. The van der Waals surface area contributed by atoms with Crippen molar-refractivity contribution in [2.75, 3.05) is 13.2 Å². The maximum atomic E-state index is 14.5. The second-order valence-corrected chi connectivity index (χ2v) is 10.0. The Balaban J connectivity index is 1.77. The molecule has 2 aromatic heterocycles. The molecular formula is C27H23F5N4O4S. The average molecular weight is 595 g/mol. The number of nitrogens with one attached hydrogen (secondary N) is 1. The number of primary amides is 1. The summed E-state index contributed by atoms with van der Waals surface area (Å²) in [5.41, 5.74) is 0.857. The first-order valence-electron chi connectivity index (χ1n) is 12.1. The van der Waals surface area contributed by atoms with Crippen molar-refractivity contribution in [3.05, 3.63) is 76.2 Å². The van der Waals surface area contributed by atoms with Gasteiger partial charge in [0.1, 0.15) is 28.9 Å². The average Bonchev–Trinajstić information content (AvgIpc) is 3.34. The lowest BCUT2D eigenvalue weighted by atomic mass is 9.93. The maximum Gasteiger partial charge on any atom is 0.424 e. The number of nitrogens with two attached hydrogens (primary N) is 1. The van der Waals surface area contributed by atoms with Gasteiger partial charge in [-0.15, -0.1) is 11.3 Å². The minimum Gasteiger partial charge on any atom is -0.491 e. The molecule has 0 saturated carbocycles. The van der Waals surface area contributed by atoms with Gasteiger partial charge < -0.3 is 20.9 Å².